The number of aryl methyl sites for hydroxylation is 1. The number of hydrogen-bond acceptors (Lipinski definition) is 8. The van der Waals surface area contributed by atoms with Crippen molar-refractivity contribution in [2.75, 3.05) is 39.3 Å². The van der Waals surface area contributed by atoms with Crippen LogP contribution in [0.3, 0.4) is 0 Å². The van der Waals surface area contributed by atoms with Crippen LogP contribution < -0.4 is 4.74 Å². The maximum atomic E-state index is 10.6. The number of aromatic nitrogens is 2. The summed E-state index contributed by atoms with van der Waals surface area (Å²) in [6.07, 6.45) is -0.546. The standard InChI is InChI=1S/C31H32N4O3S/c1-22-32-29-18-28(11-12-31(29)39-22)37-21-27(36)20-35-15-13-34(14-16-35)19-26-17-30(38-33-26)25-9-7-24(8-10-25)23-5-3-2-4-6-23/h2-12,17-18,27,36H,13-16,19-21H2,1H3/t27-/m1/s1. The van der Waals surface area contributed by atoms with Crippen molar-refractivity contribution in [3.63, 3.8) is 0 Å². The molecule has 0 bridgehead atoms. The summed E-state index contributed by atoms with van der Waals surface area (Å²) in [4.78, 5) is 9.19. The monoisotopic (exact) mass is 540 g/mol. The first-order valence-electron chi connectivity index (χ1n) is 13.3. The van der Waals surface area contributed by atoms with E-state index in [1.165, 1.54) is 11.1 Å². The molecular weight excluding hydrogens is 508 g/mol. The molecule has 5 aromatic rings. The Bertz CT molecular complexity index is 1510. The summed E-state index contributed by atoms with van der Waals surface area (Å²) in [5, 5.41) is 15.9. The average molecular weight is 541 g/mol. The molecule has 1 aliphatic rings. The zero-order chi connectivity index (χ0) is 26.6. The van der Waals surface area contributed by atoms with Gasteiger partial charge < -0.3 is 14.4 Å². The van der Waals surface area contributed by atoms with E-state index < -0.39 is 6.10 Å². The second-order valence-corrected chi connectivity index (χ2v) is 11.3. The maximum Gasteiger partial charge on any atom is 0.167 e. The Balaban J connectivity index is 0.951. The van der Waals surface area contributed by atoms with E-state index in [0.29, 0.717) is 6.54 Å². The molecule has 7 nitrogen and oxygen atoms in total. The number of thiazole rings is 1. The molecule has 1 aliphatic heterocycles. The first-order chi connectivity index (χ1) is 19.1. The molecule has 0 radical (unpaired) electrons. The van der Waals surface area contributed by atoms with E-state index in [-0.39, 0.29) is 6.61 Å². The Labute approximate surface area is 232 Å². The Kier molecular flexibility index (Phi) is 7.69. The van der Waals surface area contributed by atoms with Gasteiger partial charge in [0.25, 0.3) is 0 Å². The number of aliphatic hydroxyl groups is 1. The highest BCUT2D eigenvalue weighted by atomic mass is 32.1. The largest absolute Gasteiger partial charge is 0.491 e. The average Bonchev–Trinajstić information content (AvgIpc) is 3.59. The van der Waals surface area contributed by atoms with Crippen LogP contribution in [0.25, 0.3) is 32.7 Å². The summed E-state index contributed by atoms with van der Waals surface area (Å²) in [5.74, 6) is 1.53. The van der Waals surface area contributed by atoms with Crippen molar-refractivity contribution in [1.29, 1.82) is 0 Å². The highest BCUT2D eigenvalue weighted by Crippen LogP contribution is 2.27. The third kappa shape index (κ3) is 6.37. The van der Waals surface area contributed by atoms with Crippen LogP contribution in [-0.4, -0.2) is 70.5 Å². The molecule has 6 rings (SSSR count). The minimum atomic E-state index is -0.546. The van der Waals surface area contributed by atoms with Gasteiger partial charge in [0.05, 0.1) is 20.9 Å². The number of piperazine rings is 1. The lowest BCUT2D eigenvalue weighted by atomic mass is 10.0. The summed E-state index contributed by atoms with van der Waals surface area (Å²) in [7, 11) is 0. The van der Waals surface area contributed by atoms with E-state index in [4.69, 9.17) is 9.26 Å². The molecule has 0 aliphatic carbocycles. The first kappa shape index (κ1) is 25.7. The number of aliphatic hydroxyl groups excluding tert-OH is 1. The lowest BCUT2D eigenvalue weighted by Crippen LogP contribution is -2.48. The second-order valence-electron chi connectivity index (χ2n) is 10.0. The van der Waals surface area contributed by atoms with Gasteiger partial charge in [0.15, 0.2) is 5.76 Å². The number of hydrogen-bond donors (Lipinski definition) is 1. The van der Waals surface area contributed by atoms with Crippen LogP contribution in [-0.2, 0) is 6.54 Å². The van der Waals surface area contributed by atoms with Crippen molar-refractivity contribution in [1.82, 2.24) is 19.9 Å². The molecule has 0 amide bonds. The molecular formula is C31H32N4O3S. The molecule has 1 atom stereocenters. The fraction of sp³-hybridized carbons (Fsp3) is 0.290. The lowest BCUT2D eigenvalue weighted by Gasteiger charge is -2.35. The van der Waals surface area contributed by atoms with Crippen LogP contribution in [0.15, 0.2) is 83.4 Å². The number of rotatable bonds is 9. The number of benzene rings is 3. The number of fused-ring (bicyclic) bond motifs is 1. The van der Waals surface area contributed by atoms with E-state index in [2.05, 4.69) is 68.5 Å². The minimum absolute atomic E-state index is 0.267. The van der Waals surface area contributed by atoms with Crippen molar-refractivity contribution in [3.05, 3.63) is 89.6 Å². The van der Waals surface area contributed by atoms with E-state index in [0.717, 1.165) is 70.7 Å². The Morgan fingerprint density at radius 2 is 1.62 bits per heavy atom. The lowest BCUT2D eigenvalue weighted by molar-refractivity contribution is 0.0442. The Morgan fingerprint density at radius 3 is 2.41 bits per heavy atom. The normalized spacial score (nSPS) is 15.5. The number of β-amino-alcohol motifs (C(OH)–C–C–N with tert-alkyl or cyclic N) is 1. The van der Waals surface area contributed by atoms with Crippen molar-refractivity contribution >= 4 is 21.6 Å². The summed E-state index contributed by atoms with van der Waals surface area (Å²) in [6, 6.07) is 26.7. The van der Waals surface area contributed by atoms with E-state index >= 15 is 0 Å². The molecule has 1 N–H and O–H groups in total. The highest BCUT2D eigenvalue weighted by Gasteiger charge is 2.21. The second kappa shape index (κ2) is 11.7. The highest BCUT2D eigenvalue weighted by molar-refractivity contribution is 7.18. The van der Waals surface area contributed by atoms with Crippen molar-refractivity contribution in [2.45, 2.75) is 19.6 Å². The van der Waals surface area contributed by atoms with Crippen molar-refractivity contribution in [2.24, 2.45) is 0 Å². The third-order valence-corrected chi connectivity index (χ3v) is 8.02. The molecule has 200 valence electrons. The smallest absolute Gasteiger partial charge is 0.167 e. The van der Waals surface area contributed by atoms with Gasteiger partial charge in [-0.15, -0.1) is 11.3 Å². The zero-order valence-corrected chi connectivity index (χ0v) is 22.8. The van der Waals surface area contributed by atoms with Gasteiger partial charge in [-0.25, -0.2) is 4.98 Å². The van der Waals surface area contributed by atoms with Gasteiger partial charge >= 0.3 is 0 Å². The fourth-order valence-electron chi connectivity index (χ4n) is 4.99. The summed E-state index contributed by atoms with van der Waals surface area (Å²) in [6.45, 7) is 7.25. The van der Waals surface area contributed by atoms with Gasteiger partial charge in [0.1, 0.15) is 18.5 Å². The van der Waals surface area contributed by atoms with Gasteiger partial charge in [-0.1, -0.05) is 59.8 Å². The van der Waals surface area contributed by atoms with Crippen molar-refractivity contribution in [3.8, 4) is 28.2 Å². The maximum absolute atomic E-state index is 10.6. The first-order valence-corrected chi connectivity index (χ1v) is 14.1. The number of nitrogens with zero attached hydrogens (tertiary/aromatic N) is 4. The van der Waals surface area contributed by atoms with Crippen molar-refractivity contribution < 1.29 is 14.4 Å². The van der Waals surface area contributed by atoms with Crippen LogP contribution in [0.4, 0.5) is 0 Å². The molecule has 3 heterocycles. The Hall–Kier alpha value is -3.56. The van der Waals surface area contributed by atoms with Crippen LogP contribution >= 0.6 is 11.3 Å². The molecule has 1 fully saturated rings. The van der Waals surface area contributed by atoms with Gasteiger partial charge in [0.2, 0.25) is 0 Å². The molecule has 8 heteroatoms. The topological polar surface area (TPSA) is 74.9 Å². The molecule has 0 unspecified atom stereocenters. The summed E-state index contributed by atoms with van der Waals surface area (Å²) >= 11 is 1.67. The number of ether oxygens (including phenoxy) is 1. The molecule has 2 aromatic heterocycles. The zero-order valence-electron chi connectivity index (χ0n) is 22.0. The van der Waals surface area contributed by atoms with Gasteiger partial charge in [-0.3, -0.25) is 9.80 Å². The summed E-state index contributed by atoms with van der Waals surface area (Å²) in [5.41, 5.74) is 5.29. The predicted molar refractivity (Wildman–Crippen MR) is 155 cm³/mol. The quantitative estimate of drug-likeness (QED) is 0.265. The predicted octanol–water partition coefficient (Wildman–Crippen LogP) is 5.48. The van der Waals surface area contributed by atoms with E-state index in [1.807, 2.05) is 37.3 Å². The van der Waals surface area contributed by atoms with Gasteiger partial charge in [0, 0.05) is 57.0 Å². The summed E-state index contributed by atoms with van der Waals surface area (Å²) < 4.78 is 12.7. The van der Waals surface area contributed by atoms with E-state index in [1.54, 1.807) is 11.3 Å². The van der Waals surface area contributed by atoms with Crippen LogP contribution in [0.2, 0.25) is 0 Å². The van der Waals surface area contributed by atoms with Gasteiger partial charge in [-0.05, 0) is 30.2 Å². The van der Waals surface area contributed by atoms with Gasteiger partial charge in [-0.2, -0.15) is 0 Å². The Morgan fingerprint density at radius 1 is 0.897 bits per heavy atom. The molecule has 0 saturated carbocycles. The molecule has 39 heavy (non-hydrogen) atoms. The van der Waals surface area contributed by atoms with E-state index in [9.17, 15) is 5.11 Å². The third-order valence-electron chi connectivity index (χ3n) is 7.06. The molecule has 1 saturated heterocycles. The van der Waals surface area contributed by atoms with Crippen LogP contribution in [0.1, 0.15) is 10.7 Å². The van der Waals surface area contributed by atoms with Crippen LogP contribution in [0, 0.1) is 6.92 Å². The fourth-order valence-corrected chi connectivity index (χ4v) is 5.80. The SMILES string of the molecule is Cc1nc2cc(OC[C@H](O)CN3CCN(Cc4cc(-c5ccc(-c6ccccc6)cc5)on4)CC3)ccc2s1. The molecule has 3 aromatic carbocycles. The van der Waals surface area contributed by atoms with Crippen LogP contribution in [0.5, 0.6) is 5.75 Å². The molecule has 0 spiro atoms. The minimum Gasteiger partial charge on any atom is -0.491 e.